The van der Waals surface area contributed by atoms with Crippen molar-refractivity contribution in [2.45, 2.75) is 45.4 Å². The third-order valence-electron chi connectivity index (χ3n) is 1.58. The van der Waals surface area contributed by atoms with Crippen LogP contribution in [0.4, 0.5) is 4.53 Å². The second-order valence-electron chi connectivity index (χ2n) is 2.64. The SMILES string of the molecule is CCCCCCCC(=[OH+])OF.N. The van der Waals surface area contributed by atoms with E-state index in [4.69, 9.17) is 4.79 Å². The van der Waals surface area contributed by atoms with Crippen molar-refractivity contribution < 1.29 is 14.3 Å². The van der Waals surface area contributed by atoms with Crippen molar-refractivity contribution >= 4 is 5.97 Å². The third kappa shape index (κ3) is 9.36. The van der Waals surface area contributed by atoms with Crippen LogP contribution in [0, 0.1) is 0 Å². The maximum Gasteiger partial charge on any atom is 0.536 e. The van der Waals surface area contributed by atoms with Crippen LogP contribution in [-0.2, 0) is 4.94 Å². The lowest BCUT2D eigenvalue weighted by atomic mass is 10.1. The predicted molar refractivity (Wildman–Crippen MR) is 47.5 cm³/mol. The van der Waals surface area contributed by atoms with Crippen LogP contribution in [0.25, 0.3) is 0 Å². The summed E-state index contributed by atoms with van der Waals surface area (Å²) < 4.78 is 11.2. The van der Waals surface area contributed by atoms with Crippen LogP contribution in [0.3, 0.4) is 0 Å². The highest BCUT2D eigenvalue weighted by atomic mass is 19.3. The molecule has 0 amide bonds. The van der Waals surface area contributed by atoms with E-state index in [9.17, 15) is 4.53 Å². The van der Waals surface area contributed by atoms with Gasteiger partial charge in [-0.25, -0.2) is 0 Å². The summed E-state index contributed by atoms with van der Waals surface area (Å²) in [7, 11) is 0. The fourth-order valence-electron chi connectivity index (χ4n) is 0.918. The summed E-state index contributed by atoms with van der Waals surface area (Å²) >= 11 is 0. The number of hydrogen-bond acceptors (Lipinski definition) is 2. The molecule has 0 aromatic rings. The van der Waals surface area contributed by atoms with E-state index in [1.54, 1.807) is 0 Å². The van der Waals surface area contributed by atoms with Gasteiger partial charge in [-0.05, 0) is 6.42 Å². The Morgan fingerprint density at radius 2 is 1.83 bits per heavy atom. The van der Waals surface area contributed by atoms with Crippen LogP contribution in [-0.4, -0.2) is 10.8 Å². The first-order valence-electron chi connectivity index (χ1n) is 4.14. The van der Waals surface area contributed by atoms with Crippen LogP contribution in [0.2, 0.25) is 0 Å². The van der Waals surface area contributed by atoms with E-state index < -0.39 is 5.97 Å². The zero-order chi connectivity index (χ0) is 8.53. The molecule has 0 fully saturated rings. The monoisotopic (exact) mass is 180 g/mol. The number of carbonyl (C=O) groups excluding carboxylic acids is 1. The summed E-state index contributed by atoms with van der Waals surface area (Å²) in [4.78, 5) is 11.7. The molecule has 0 saturated carbocycles. The number of unbranched alkanes of at least 4 members (excludes halogenated alkanes) is 4. The molecule has 0 aliphatic carbocycles. The standard InChI is InChI=1S/C8H15FO2.H3N/c1-2-3-4-5-6-7-8(10)11-9;/h2-7H2,1H3;1H3/p+1. The van der Waals surface area contributed by atoms with Gasteiger partial charge in [-0.2, -0.15) is 0 Å². The molecular formula is C8H19FNO2+. The maximum absolute atomic E-state index is 11.2. The van der Waals surface area contributed by atoms with E-state index in [0.29, 0.717) is 6.42 Å². The largest absolute Gasteiger partial charge is 0.536 e. The van der Waals surface area contributed by atoms with Gasteiger partial charge in [0.15, 0.2) is 0 Å². The molecule has 4 heteroatoms. The highest BCUT2D eigenvalue weighted by Crippen LogP contribution is 2.05. The normalized spacial score (nSPS) is 8.83. The molecule has 0 saturated heterocycles. The van der Waals surface area contributed by atoms with Crippen molar-refractivity contribution in [1.29, 1.82) is 0 Å². The average Bonchev–Trinajstić information content (AvgIpc) is 2.04. The fourth-order valence-corrected chi connectivity index (χ4v) is 0.918. The minimum Gasteiger partial charge on any atom is -0.344 e. The average molecular weight is 180 g/mol. The van der Waals surface area contributed by atoms with Crippen LogP contribution >= 0.6 is 0 Å². The first-order valence-corrected chi connectivity index (χ1v) is 4.14. The summed E-state index contributed by atoms with van der Waals surface area (Å²) in [5, 5.41) is 0. The lowest BCUT2D eigenvalue weighted by molar-refractivity contribution is -0.0382. The van der Waals surface area contributed by atoms with Crippen LogP contribution < -0.4 is 6.15 Å². The number of halogens is 1. The second-order valence-corrected chi connectivity index (χ2v) is 2.64. The molecule has 0 aliphatic heterocycles. The summed E-state index contributed by atoms with van der Waals surface area (Å²) in [5.74, 6) is -0.499. The lowest BCUT2D eigenvalue weighted by Crippen LogP contribution is -1.97. The van der Waals surface area contributed by atoms with Gasteiger partial charge in [0.1, 0.15) is 10.9 Å². The molecule has 0 rings (SSSR count). The highest BCUT2D eigenvalue weighted by molar-refractivity contribution is 5.69. The van der Waals surface area contributed by atoms with Gasteiger partial charge in [0.05, 0.1) is 0 Å². The van der Waals surface area contributed by atoms with Gasteiger partial charge in [0.2, 0.25) is 0 Å². The van der Waals surface area contributed by atoms with E-state index in [-0.39, 0.29) is 6.15 Å². The molecule has 12 heavy (non-hydrogen) atoms. The Morgan fingerprint density at radius 1 is 1.25 bits per heavy atom. The van der Waals surface area contributed by atoms with Crippen molar-refractivity contribution in [3.05, 3.63) is 0 Å². The molecule has 0 unspecified atom stereocenters. The summed E-state index contributed by atoms with van der Waals surface area (Å²) in [5.41, 5.74) is 0. The van der Waals surface area contributed by atoms with E-state index >= 15 is 0 Å². The Morgan fingerprint density at radius 3 is 2.33 bits per heavy atom. The molecule has 0 aliphatic rings. The molecule has 0 bridgehead atoms. The molecule has 74 valence electrons. The van der Waals surface area contributed by atoms with E-state index in [0.717, 1.165) is 19.3 Å². The van der Waals surface area contributed by atoms with Gasteiger partial charge >= 0.3 is 5.97 Å². The van der Waals surface area contributed by atoms with Gasteiger partial charge in [-0.1, -0.05) is 37.5 Å². The lowest BCUT2D eigenvalue weighted by Gasteiger charge is -1.93. The first-order chi connectivity index (χ1) is 5.31. The molecule has 3 nitrogen and oxygen atoms in total. The third-order valence-corrected chi connectivity index (χ3v) is 1.58. The highest BCUT2D eigenvalue weighted by Gasteiger charge is 2.11. The molecular weight excluding hydrogens is 161 g/mol. The van der Waals surface area contributed by atoms with Gasteiger partial charge in [-0.15, -0.1) is 0 Å². The smallest absolute Gasteiger partial charge is 0.344 e. The van der Waals surface area contributed by atoms with Crippen LogP contribution in [0.1, 0.15) is 45.4 Å². The first kappa shape index (κ1) is 13.9. The van der Waals surface area contributed by atoms with Crippen LogP contribution in [0.5, 0.6) is 0 Å². The Balaban J connectivity index is 0. The molecule has 0 aromatic heterocycles. The minimum absolute atomic E-state index is 0. The summed E-state index contributed by atoms with van der Waals surface area (Å²) in [6.45, 7) is 2.13. The number of rotatable bonds is 6. The molecule has 0 aromatic carbocycles. The van der Waals surface area contributed by atoms with E-state index in [2.05, 4.69) is 11.9 Å². The molecule has 4 N–H and O–H groups in total. The topological polar surface area (TPSA) is 65.6 Å². The number of hydrogen-bond donors (Lipinski definition) is 1. The van der Waals surface area contributed by atoms with Crippen molar-refractivity contribution in [3.63, 3.8) is 0 Å². The Hall–Kier alpha value is -0.640. The summed E-state index contributed by atoms with van der Waals surface area (Å²) in [6.07, 6.45) is 5.69. The zero-order valence-corrected chi connectivity index (χ0v) is 7.68. The van der Waals surface area contributed by atoms with Crippen molar-refractivity contribution in [2.75, 3.05) is 0 Å². The van der Waals surface area contributed by atoms with Crippen molar-refractivity contribution in [1.82, 2.24) is 6.15 Å². The van der Waals surface area contributed by atoms with Gasteiger partial charge in [0, 0.05) is 0 Å². The summed E-state index contributed by atoms with van der Waals surface area (Å²) in [6, 6.07) is 0. The Bertz CT molecular complexity index is 109. The second kappa shape index (κ2) is 10.4. The van der Waals surface area contributed by atoms with Gasteiger partial charge in [-0.3, -0.25) is 0 Å². The molecule has 0 atom stereocenters. The maximum atomic E-state index is 11.2. The van der Waals surface area contributed by atoms with Crippen molar-refractivity contribution in [3.8, 4) is 0 Å². The quantitative estimate of drug-likeness (QED) is 0.504. The molecule has 0 radical (unpaired) electrons. The van der Waals surface area contributed by atoms with E-state index in [1.165, 1.54) is 12.8 Å². The van der Waals surface area contributed by atoms with E-state index in [1.807, 2.05) is 0 Å². The van der Waals surface area contributed by atoms with Gasteiger partial charge in [0.25, 0.3) is 0 Å². The predicted octanol–water partition coefficient (Wildman–Crippen LogP) is 2.91. The fraction of sp³-hybridized carbons (Fsp3) is 0.875. The Labute approximate surface area is 72.8 Å². The molecule has 0 spiro atoms. The minimum atomic E-state index is -0.499. The Kier molecular flexibility index (Phi) is 12.0. The zero-order valence-electron chi connectivity index (χ0n) is 7.68. The van der Waals surface area contributed by atoms with Crippen LogP contribution in [0.15, 0.2) is 0 Å². The van der Waals surface area contributed by atoms with Crippen molar-refractivity contribution in [2.24, 2.45) is 0 Å². The van der Waals surface area contributed by atoms with Gasteiger partial charge < -0.3 is 10.9 Å². The molecule has 0 heterocycles.